The monoisotopic (exact) mass is 257 g/mol. The second-order valence-electron chi connectivity index (χ2n) is 4.65. The van der Waals surface area contributed by atoms with Crippen LogP contribution in [-0.2, 0) is 14.3 Å². The van der Waals surface area contributed by atoms with E-state index in [0.29, 0.717) is 32.8 Å². The summed E-state index contributed by atoms with van der Waals surface area (Å²) in [5.74, 6) is -0.130. The summed E-state index contributed by atoms with van der Waals surface area (Å²) in [6.07, 6.45) is 0. The minimum Gasteiger partial charge on any atom is -0.378 e. The molecule has 104 valence electrons. The number of hydrogen-bond acceptors (Lipinski definition) is 4. The number of carbonyl (C=O) groups is 2. The standard InChI is InChI=1S/C12H23N3O3/c1-10(8-13-2)12(17)14(3)9-11(16)15-4-6-18-7-5-15/h10,13H,4-9H2,1-3H3. The van der Waals surface area contributed by atoms with Crippen LogP contribution >= 0.6 is 0 Å². The molecular weight excluding hydrogens is 234 g/mol. The van der Waals surface area contributed by atoms with E-state index in [2.05, 4.69) is 5.32 Å². The molecule has 1 heterocycles. The van der Waals surface area contributed by atoms with Gasteiger partial charge in [-0.05, 0) is 7.05 Å². The largest absolute Gasteiger partial charge is 0.378 e. The van der Waals surface area contributed by atoms with Crippen LogP contribution in [0.4, 0.5) is 0 Å². The summed E-state index contributed by atoms with van der Waals surface area (Å²) in [5.41, 5.74) is 0. The van der Waals surface area contributed by atoms with Gasteiger partial charge in [0.2, 0.25) is 11.8 Å². The molecule has 0 bridgehead atoms. The number of morpholine rings is 1. The topological polar surface area (TPSA) is 61.9 Å². The molecule has 0 radical (unpaired) electrons. The van der Waals surface area contributed by atoms with Crippen molar-refractivity contribution in [2.45, 2.75) is 6.92 Å². The SMILES string of the molecule is CNCC(C)C(=O)N(C)CC(=O)N1CCOCC1. The highest BCUT2D eigenvalue weighted by Crippen LogP contribution is 2.02. The second kappa shape index (κ2) is 7.33. The van der Waals surface area contributed by atoms with Crippen LogP contribution in [0.25, 0.3) is 0 Å². The van der Waals surface area contributed by atoms with E-state index in [1.165, 1.54) is 4.90 Å². The molecule has 0 saturated carbocycles. The fourth-order valence-electron chi connectivity index (χ4n) is 1.96. The highest BCUT2D eigenvalue weighted by molar-refractivity contribution is 5.85. The minimum atomic E-state index is -0.113. The Balaban J connectivity index is 2.40. The zero-order valence-electron chi connectivity index (χ0n) is 11.4. The summed E-state index contributed by atoms with van der Waals surface area (Å²) in [6.45, 7) is 5.02. The van der Waals surface area contributed by atoms with Gasteiger partial charge in [-0.2, -0.15) is 0 Å². The van der Waals surface area contributed by atoms with Gasteiger partial charge in [-0.1, -0.05) is 6.92 Å². The van der Waals surface area contributed by atoms with Crippen molar-refractivity contribution in [1.82, 2.24) is 15.1 Å². The number of nitrogens with one attached hydrogen (secondary N) is 1. The lowest BCUT2D eigenvalue weighted by atomic mass is 10.1. The molecule has 1 unspecified atom stereocenters. The molecule has 0 aromatic heterocycles. The van der Waals surface area contributed by atoms with E-state index in [0.717, 1.165) is 0 Å². The smallest absolute Gasteiger partial charge is 0.242 e. The molecule has 0 spiro atoms. The Morgan fingerprint density at radius 3 is 2.56 bits per heavy atom. The van der Waals surface area contributed by atoms with Crippen LogP contribution in [-0.4, -0.2) is 75.1 Å². The Kier molecular flexibility index (Phi) is 6.07. The summed E-state index contributed by atoms with van der Waals surface area (Å²) < 4.78 is 5.19. The molecule has 1 aliphatic heterocycles. The first-order valence-electron chi connectivity index (χ1n) is 6.31. The maximum absolute atomic E-state index is 12.0. The van der Waals surface area contributed by atoms with Crippen LogP contribution < -0.4 is 5.32 Å². The molecule has 6 heteroatoms. The fourth-order valence-corrected chi connectivity index (χ4v) is 1.96. The van der Waals surface area contributed by atoms with Gasteiger partial charge in [0.15, 0.2) is 0 Å². The lowest BCUT2D eigenvalue weighted by Gasteiger charge is -2.29. The number of likely N-dealkylation sites (N-methyl/N-ethyl adjacent to an activating group) is 1. The van der Waals surface area contributed by atoms with Crippen LogP contribution in [0.15, 0.2) is 0 Å². The molecule has 1 saturated heterocycles. The van der Waals surface area contributed by atoms with Crippen LogP contribution in [0.5, 0.6) is 0 Å². The zero-order chi connectivity index (χ0) is 13.5. The van der Waals surface area contributed by atoms with Crippen LogP contribution in [0.2, 0.25) is 0 Å². The zero-order valence-corrected chi connectivity index (χ0v) is 11.4. The molecule has 0 aromatic carbocycles. The maximum Gasteiger partial charge on any atom is 0.242 e. The molecule has 1 aliphatic rings. The van der Waals surface area contributed by atoms with Crippen molar-refractivity contribution in [3.63, 3.8) is 0 Å². The van der Waals surface area contributed by atoms with Crippen LogP contribution in [0.1, 0.15) is 6.92 Å². The number of rotatable bonds is 5. The van der Waals surface area contributed by atoms with E-state index in [1.807, 2.05) is 14.0 Å². The Labute approximate surface area is 108 Å². The van der Waals surface area contributed by atoms with Crippen molar-refractivity contribution in [1.29, 1.82) is 0 Å². The van der Waals surface area contributed by atoms with E-state index in [-0.39, 0.29) is 24.3 Å². The Bertz CT molecular complexity index is 290. The van der Waals surface area contributed by atoms with Gasteiger partial charge in [-0.15, -0.1) is 0 Å². The lowest BCUT2D eigenvalue weighted by Crippen LogP contribution is -2.47. The molecule has 18 heavy (non-hydrogen) atoms. The first-order valence-corrected chi connectivity index (χ1v) is 6.31. The highest BCUT2D eigenvalue weighted by Gasteiger charge is 2.22. The van der Waals surface area contributed by atoms with Gasteiger partial charge in [0, 0.05) is 32.6 Å². The highest BCUT2D eigenvalue weighted by atomic mass is 16.5. The summed E-state index contributed by atoms with van der Waals surface area (Å²) in [7, 11) is 3.48. The first-order chi connectivity index (χ1) is 8.56. The molecule has 1 N–H and O–H groups in total. The third kappa shape index (κ3) is 4.27. The van der Waals surface area contributed by atoms with Gasteiger partial charge in [-0.3, -0.25) is 9.59 Å². The number of amides is 2. The molecule has 0 aromatic rings. The minimum absolute atomic E-state index is 0.00837. The summed E-state index contributed by atoms with van der Waals surface area (Å²) in [6, 6.07) is 0. The van der Waals surface area contributed by atoms with Crippen molar-refractivity contribution >= 4 is 11.8 Å². The summed E-state index contributed by atoms with van der Waals surface area (Å²) in [5, 5.41) is 2.96. The predicted octanol–water partition coefficient (Wildman–Crippen LogP) is -0.841. The van der Waals surface area contributed by atoms with Crippen molar-refractivity contribution in [3.8, 4) is 0 Å². The molecule has 6 nitrogen and oxygen atoms in total. The van der Waals surface area contributed by atoms with E-state index in [4.69, 9.17) is 4.74 Å². The Hall–Kier alpha value is -1.14. The maximum atomic E-state index is 12.0. The first kappa shape index (κ1) is 14.9. The Morgan fingerprint density at radius 1 is 1.39 bits per heavy atom. The van der Waals surface area contributed by atoms with Crippen molar-refractivity contribution in [2.75, 3.05) is 53.5 Å². The van der Waals surface area contributed by atoms with Crippen molar-refractivity contribution < 1.29 is 14.3 Å². The number of hydrogen-bond donors (Lipinski definition) is 1. The van der Waals surface area contributed by atoms with E-state index < -0.39 is 0 Å². The van der Waals surface area contributed by atoms with E-state index in [9.17, 15) is 9.59 Å². The van der Waals surface area contributed by atoms with Gasteiger partial charge in [-0.25, -0.2) is 0 Å². The molecule has 2 amide bonds. The third-order valence-electron chi connectivity index (χ3n) is 3.04. The average Bonchev–Trinajstić information content (AvgIpc) is 2.39. The molecule has 0 aliphatic carbocycles. The normalized spacial score (nSPS) is 17.4. The molecule has 1 rings (SSSR count). The number of ether oxygens (including phenoxy) is 1. The predicted molar refractivity (Wildman–Crippen MR) is 68.1 cm³/mol. The van der Waals surface area contributed by atoms with Crippen molar-refractivity contribution in [3.05, 3.63) is 0 Å². The quantitative estimate of drug-likeness (QED) is 0.697. The molecular formula is C12H23N3O3. The number of nitrogens with zero attached hydrogens (tertiary/aromatic N) is 2. The Morgan fingerprint density at radius 2 is 2.00 bits per heavy atom. The van der Waals surface area contributed by atoms with Gasteiger partial charge < -0.3 is 19.9 Å². The molecule has 1 fully saturated rings. The summed E-state index contributed by atoms with van der Waals surface area (Å²) >= 11 is 0. The van der Waals surface area contributed by atoms with Crippen LogP contribution in [0.3, 0.4) is 0 Å². The number of carbonyl (C=O) groups excluding carboxylic acids is 2. The fraction of sp³-hybridized carbons (Fsp3) is 0.833. The van der Waals surface area contributed by atoms with E-state index in [1.54, 1.807) is 11.9 Å². The van der Waals surface area contributed by atoms with Crippen LogP contribution in [0, 0.1) is 5.92 Å². The lowest BCUT2D eigenvalue weighted by molar-refractivity contribution is -0.143. The second-order valence-corrected chi connectivity index (χ2v) is 4.65. The van der Waals surface area contributed by atoms with Gasteiger partial charge in [0.1, 0.15) is 0 Å². The third-order valence-corrected chi connectivity index (χ3v) is 3.04. The van der Waals surface area contributed by atoms with E-state index >= 15 is 0 Å². The molecule has 1 atom stereocenters. The van der Waals surface area contributed by atoms with Gasteiger partial charge in [0.25, 0.3) is 0 Å². The van der Waals surface area contributed by atoms with Crippen molar-refractivity contribution in [2.24, 2.45) is 5.92 Å². The summed E-state index contributed by atoms with van der Waals surface area (Å²) in [4.78, 5) is 27.1. The average molecular weight is 257 g/mol. The van der Waals surface area contributed by atoms with Gasteiger partial charge in [0.05, 0.1) is 19.8 Å². The van der Waals surface area contributed by atoms with Gasteiger partial charge >= 0.3 is 0 Å².